The molecule has 2 aromatic rings. The largest absolute Gasteiger partial charge is 0.469 e. The standard InChI is InChI=1S/C30H38Cl2N2O8S2/c1-5-24(18-33(2)44(39,40)25-13-14-25)34-28(20-9-11-22(31)12-10-20)26(21-7-6-8-23(32)15-21)16-30(29(34)36,17-27(35)41-3)19-42-43(4,37)38/h6-12,15,24-26,28H,5,13-14,16-19H2,1-4H3/t24-,26+,28+,30+/m0/s1. The first-order valence-electron chi connectivity index (χ1n) is 14.3. The van der Waals surface area contributed by atoms with Crippen LogP contribution in [-0.2, 0) is 38.7 Å². The van der Waals surface area contributed by atoms with E-state index in [0.717, 1.165) is 17.4 Å². The number of ether oxygens (including phenoxy) is 1. The number of hydrogen-bond donors (Lipinski definition) is 0. The number of halogens is 2. The van der Waals surface area contributed by atoms with Crippen LogP contribution in [-0.4, -0.2) is 82.8 Å². The molecule has 4 rings (SSSR count). The molecule has 1 aliphatic heterocycles. The lowest BCUT2D eigenvalue weighted by molar-refractivity contribution is -0.165. The predicted molar refractivity (Wildman–Crippen MR) is 168 cm³/mol. The summed E-state index contributed by atoms with van der Waals surface area (Å²) in [6.07, 6.45) is 1.98. The highest BCUT2D eigenvalue weighted by Gasteiger charge is 2.56. The highest BCUT2D eigenvalue weighted by Crippen LogP contribution is 2.53. The molecule has 4 atom stereocenters. The molecule has 2 fully saturated rings. The van der Waals surface area contributed by atoms with Crippen LogP contribution in [0, 0.1) is 5.41 Å². The average molecular weight is 690 g/mol. The van der Waals surface area contributed by atoms with Crippen molar-refractivity contribution in [2.75, 3.05) is 33.6 Å². The van der Waals surface area contributed by atoms with Gasteiger partial charge in [0.15, 0.2) is 0 Å². The molecule has 1 aliphatic carbocycles. The van der Waals surface area contributed by atoms with Gasteiger partial charge in [-0.1, -0.05) is 54.4 Å². The van der Waals surface area contributed by atoms with Gasteiger partial charge >= 0.3 is 5.97 Å². The van der Waals surface area contributed by atoms with Crippen molar-refractivity contribution in [2.45, 2.75) is 62.3 Å². The zero-order chi connectivity index (χ0) is 32.4. The molecule has 44 heavy (non-hydrogen) atoms. The van der Waals surface area contributed by atoms with Crippen molar-refractivity contribution >= 4 is 55.2 Å². The van der Waals surface area contributed by atoms with Gasteiger partial charge in [0.2, 0.25) is 15.9 Å². The van der Waals surface area contributed by atoms with Gasteiger partial charge in [0.25, 0.3) is 10.1 Å². The van der Waals surface area contributed by atoms with E-state index in [9.17, 15) is 26.4 Å². The monoisotopic (exact) mass is 688 g/mol. The summed E-state index contributed by atoms with van der Waals surface area (Å²) >= 11 is 12.7. The SMILES string of the molecule is CC[C@@H](CN(C)S(=O)(=O)C1CC1)N1C(=O)[C@@](COS(C)(=O)=O)(CC(=O)OC)C[C@H](c2cccc(Cl)c2)[C@H]1c1ccc(Cl)cc1. The first-order chi connectivity index (χ1) is 20.6. The molecule has 1 saturated heterocycles. The highest BCUT2D eigenvalue weighted by atomic mass is 35.5. The summed E-state index contributed by atoms with van der Waals surface area (Å²) in [5.74, 6) is -1.76. The zero-order valence-corrected chi connectivity index (χ0v) is 28.3. The van der Waals surface area contributed by atoms with E-state index in [2.05, 4.69) is 0 Å². The summed E-state index contributed by atoms with van der Waals surface area (Å²) in [6.45, 7) is 1.24. The maximum absolute atomic E-state index is 14.9. The molecular weight excluding hydrogens is 651 g/mol. The Hall–Kier alpha value is -2.22. The molecule has 0 radical (unpaired) electrons. The second-order valence-corrected chi connectivity index (χ2v) is 16.5. The van der Waals surface area contributed by atoms with Crippen LogP contribution in [0.3, 0.4) is 0 Å². The fourth-order valence-electron chi connectivity index (χ4n) is 6.02. The summed E-state index contributed by atoms with van der Waals surface area (Å²) in [4.78, 5) is 29.4. The van der Waals surface area contributed by atoms with Crippen molar-refractivity contribution in [3.05, 3.63) is 69.7 Å². The molecule has 14 heteroatoms. The summed E-state index contributed by atoms with van der Waals surface area (Å²) in [7, 11) is -4.91. The molecule has 1 heterocycles. The van der Waals surface area contributed by atoms with E-state index in [1.54, 1.807) is 35.2 Å². The van der Waals surface area contributed by atoms with Gasteiger partial charge in [-0.2, -0.15) is 8.42 Å². The van der Waals surface area contributed by atoms with E-state index in [4.69, 9.17) is 32.1 Å². The van der Waals surface area contributed by atoms with Crippen LogP contribution in [0.25, 0.3) is 0 Å². The molecule has 0 aromatic heterocycles. The van der Waals surface area contributed by atoms with Gasteiger partial charge in [0.05, 0.1) is 43.1 Å². The highest BCUT2D eigenvalue weighted by molar-refractivity contribution is 7.90. The van der Waals surface area contributed by atoms with Gasteiger partial charge < -0.3 is 9.64 Å². The topological polar surface area (TPSA) is 127 Å². The molecule has 242 valence electrons. The molecule has 0 N–H and O–H groups in total. The third-order valence-corrected chi connectivity index (χ3v) is 11.8. The van der Waals surface area contributed by atoms with Gasteiger partial charge in [0, 0.05) is 35.6 Å². The number of carbonyl (C=O) groups is 2. The quantitative estimate of drug-likeness (QED) is 0.217. The molecule has 2 aliphatic rings. The number of nitrogens with zero attached hydrogens (tertiary/aromatic N) is 2. The maximum atomic E-state index is 14.9. The molecule has 1 amide bonds. The number of benzene rings is 2. The number of likely N-dealkylation sites (tertiary alicyclic amines) is 1. The van der Waals surface area contributed by atoms with Gasteiger partial charge in [-0.25, -0.2) is 12.7 Å². The normalized spacial score (nSPS) is 23.5. The van der Waals surface area contributed by atoms with Crippen molar-refractivity contribution in [1.29, 1.82) is 0 Å². The Labute approximate surface area is 269 Å². The maximum Gasteiger partial charge on any atom is 0.306 e. The molecule has 2 aromatic carbocycles. The number of piperidine rings is 1. The smallest absolute Gasteiger partial charge is 0.306 e. The van der Waals surface area contributed by atoms with Crippen molar-refractivity contribution in [3.8, 4) is 0 Å². The number of rotatable bonds is 13. The molecule has 0 bridgehead atoms. The fourth-order valence-corrected chi connectivity index (χ4v) is 8.40. The third kappa shape index (κ3) is 7.76. The van der Waals surface area contributed by atoms with Crippen LogP contribution >= 0.6 is 23.2 Å². The molecular formula is C30H38Cl2N2O8S2. The number of carbonyl (C=O) groups excluding carboxylic acids is 2. The zero-order valence-electron chi connectivity index (χ0n) is 25.1. The van der Waals surface area contributed by atoms with Crippen molar-refractivity contribution in [3.63, 3.8) is 0 Å². The van der Waals surface area contributed by atoms with E-state index in [1.807, 2.05) is 25.1 Å². The lowest BCUT2D eigenvalue weighted by atomic mass is 9.66. The van der Waals surface area contributed by atoms with Gasteiger partial charge in [-0.05, 0) is 61.1 Å². The van der Waals surface area contributed by atoms with Crippen molar-refractivity contribution in [1.82, 2.24) is 9.21 Å². The minimum atomic E-state index is -4.02. The summed E-state index contributed by atoms with van der Waals surface area (Å²) < 4.78 is 62.3. The number of esters is 1. The Kier molecular flexibility index (Phi) is 10.7. The Morgan fingerprint density at radius 1 is 1.07 bits per heavy atom. The molecule has 10 nitrogen and oxygen atoms in total. The van der Waals surface area contributed by atoms with E-state index in [-0.39, 0.29) is 13.0 Å². The minimum absolute atomic E-state index is 0.00529. The average Bonchev–Trinajstić information content (AvgIpc) is 3.82. The lowest BCUT2D eigenvalue weighted by Gasteiger charge is -2.53. The van der Waals surface area contributed by atoms with Crippen molar-refractivity contribution < 1.29 is 35.3 Å². The molecule has 0 spiro atoms. The Balaban J connectivity index is 1.94. The summed E-state index contributed by atoms with van der Waals surface area (Å²) in [6, 6.07) is 12.9. The Morgan fingerprint density at radius 2 is 1.73 bits per heavy atom. The Bertz CT molecular complexity index is 1580. The molecule has 0 unspecified atom stereocenters. The predicted octanol–water partition coefficient (Wildman–Crippen LogP) is 4.78. The first kappa shape index (κ1) is 34.6. The first-order valence-corrected chi connectivity index (χ1v) is 18.4. The van der Waals surface area contributed by atoms with Crippen LogP contribution in [0.4, 0.5) is 0 Å². The molecule has 1 saturated carbocycles. The number of amides is 1. The second kappa shape index (κ2) is 13.6. The lowest BCUT2D eigenvalue weighted by Crippen LogP contribution is -2.60. The Morgan fingerprint density at radius 3 is 2.27 bits per heavy atom. The van der Waals surface area contributed by atoms with E-state index < -0.39 is 73.7 Å². The van der Waals surface area contributed by atoms with Crippen LogP contribution in [0.1, 0.15) is 62.1 Å². The summed E-state index contributed by atoms with van der Waals surface area (Å²) in [5.41, 5.74) is -0.181. The van der Waals surface area contributed by atoms with E-state index >= 15 is 0 Å². The third-order valence-electron chi connectivity index (χ3n) is 8.44. The number of sulfonamides is 1. The van der Waals surface area contributed by atoms with E-state index in [0.29, 0.717) is 29.3 Å². The number of hydrogen-bond acceptors (Lipinski definition) is 8. The fraction of sp³-hybridized carbons (Fsp3) is 0.533. The van der Waals surface area contributed by atoms with Gasteiger partial charge in [0.1, 0.15) is 0 Å². The number of likely N-dealkylation sites (N-methyl/N-ethyl adjacent to an activating group) is 1. The second-order valence-electron chi connectivity index (χ2n) is 11.7. The number of methoxy groups -OCH3 is 1. The van der Waals surface area contributed by atoms with Crippen LogP contribution < -0.4 is 0 Å². The van der Waals surface area contributed by atoms with Crippen LogP contribution in [0.2, 0.25) is 10.0 Å². The summed E-state index contributed by atoms with van der Waals surface area (Å²) in [5, 5.41) is 0.495. The minimum Gasteiger partial charge on any atom is -0.469 e. The van der Waals surface area contributed by atoms with Crippen LogP contribution in [0.5, 0.6) is 0 Å². The van der Waals surface area contributed by atoms with Crippen LogP contribution in [0.15, 0.2) is 48.5 Å². The van der Waals surface area contributed by atoms with Gasteiger partial charge in [-0.3, -0.25) is 13.8 Å². The van der Waals surface area contributed by atoms with Crippen molar-refractivity contribution in [2.24, 2.45) is 5.41 Å². The van der Waals surface area contributed by atoms with Gasteiger partial charge in [-0.15, -0.1) is 0 Å². The van der Waals surface area contributed by atoms with E-state index in [1.165, 1.54) is 18.5 Å².